The van der Waals surface area contributed by atoms with Gasteiger partial charge < -0.3 is 4.74 Å². The summed E-state index contributed by atoms with van der Waals surface area (Å²) in [7, 11) is 0. The van der Waals surface area contributed by atoms with Crippen LogP contribution in [0.2, 0.25) is 0 Å². The Balaban J connectivity index is 3.00. The summed E-state index contributed by atoms with van der Waals surface area (Å²) in [5, 5.41) is 0. The molecule has 0 heterocycles. The van der Waals surface area contributed by atoms with Gasteiger partial charge in [0.1, 0.15) is 5.76 Å². The van der Waals surface area contributed by atoms with E-state index in [4.69, 9.17) is 4.74 Å². The van der Waals surface area contributed by atoms with Crippen LogP contribution in [-0.2, 0) is 9.53 Å². The predicted octanol–water partition coefficient (Wildman–Crippen LogP) is 4.03. The van der Waals surface area contributed by atoms with Gasteiger partial charge in [-0.05, 0) is 40.2 Å². The van der Waals surface area contributed by atoms with E-state index < -0.39 is 5.41 Å². The van der Waals surface area contributed by atoms with E-state index in [2.05, 4.69) is 0 Å². The first-order valence-corrected chi connectivity index (χ1v) is 5.77. The summed E-state index contributed by atoms with van der Waals surface area (Å²) in [5.74, 6) is 0.447. The van der Waals surface area contributed by atoms with Gasteiger partial charge in [-0.2, -0.15) is 0 Å². The van der Waals surface area contributed by atoms with Crippen molar-refractivity contribution in [1.29, 1.82) is 0 Å². The number of rotatable bonds is 2. The summed E-state index contributed by atoms with van der Waals surface area (Å²) in [4.78, 5) is 11.9. The predicted molar refractivity (Wildman–Crippen MR) is 70.3 cm³/mol. The van der Waals surface area contributed by atoms with Gasteiger partial charge in [-0.15, -0.1) is 0 Å². The van der Waals surface area contributed by atoms with Crippen LogP contribution in [-0.4, -0.2) is 5.97 Å². The first-order valence-electron chi connectivity index (χ1n) is 5.77. The van der Waals surface area contributed by atoms with Gasteiger partial charge in [-0.25, -0.2) is 0 Å². The third kappa shape index (κ3) is 3.74. The van der Waals surface area contributed by atoms with Crippen LogP contribution in [0.5, 0.6) is 0 Å². The molecule has 0 fully saturated rings. The number of carbonyl (C=O) groups is 1. The van der Waals surface area contributed by atoms with E-state index in [9.17, 15) is 4.79 Å². The van der Waals surface area contributed by atoms with E-state index in [1.807, 2.05) is 65.0 Å². The van der Waals surface area contributed by atoms with E-state index in [0.29, 0.717) is 5.76 Å². The average Bonchev–Trinajstić information content (AvgIpc) is 2.25. The fraction of sp³-hybridized carbons (Fsp3) is 0.400. The van der Waals surface area contributed by atoms with Crippen molar-refractivity contribution in [2.24, 2.45) is 5.41 Å². The van der Waals surface area contributed by atoms with E-state index in [1.54, 1.807) is 0 Å². The second-order valence-corrected chi connectivity index (χ2v) is 5.33. The first kappa shape index (κ1) is 13.5. The van der Waals surface area contributed by atoms with Crippen molar-refractivity contribution >= 4 is 11.7 Å². The number of hydrogen-bond acceptors (Lipinski definition) is 2. The van der Waals surface area contributed by atoms with Crippen molar-refractivity contribution in [3.05, 3.63) is 41.5 Å². The van der Waals surface area contributed by atoms with Gasteiger partial charge in [0.05, 0.1) is 5.41 Å². The highest BCUT2D eigenvalue weighted by molar-refractivity contribution is 5.82. The average molecular weight is 232 g/mol. The van der Waals surface area contributed by atoms with Crippen LogP contribution in [0.1, 0.15) is 40.2 Å². The molecule has 0 bridgehead atoms. The highest BCUT2D eigenvalue weighted by Gasteiger charge is 2.25. The molecule has 2 nitrogen and oxygen atoms in total. The summed E-state index contributed by atoms with van der Waals surface area (Å²) < 4.78 is 5.50. The summed E-state index contributed by atoms with van der Waals surface area (Å²) in [6.07, 6.45) is 0. The molecule has 0 aromatic heterocycles. The van der Waals surface area contributed by atoms with Gasteiger partial charge in [0.25, 0.3) is 0 Å². The van der Waals surface area contributed by atoms with E-state index >= 15 is 0 Å². The molecular formula is C15H20O2. The molecule has 0 amide bonds. The minimum absolute atomic E-state index is 0.211. The van der Waals surface area contributed by atoms with Crippen LogP contribution >= 0.6 is 0 Å². The number of benzene rings is 1. The molecule has 0 radical (unpaired) electrons. The Labute approximate surface area is 103 Å². The number of allylic oxidation sites excluding steroid dienone is 1. The molecule has 1 aromatic carbocycles. The Kier molecular flexibility index (Phi) is 4.11. The van der Waals surface area contributed by atoms with Gasteiger partial charge in [0.15, 0.2) is 0 Å². The Morgan fingerprint density at radius 1 is 1.06 bits per heavy atom. The monoisotopic (exact) mass is 232 g/mol. The van der Waals surface area contributed by atoms with Gasteiger partial charge in [-0.1, -0.05) is 30.3 Å². The Bertz CT molecular complexity index is 418. The Morgan fingerprint density at radius 2 is 1.59 bits per heavy atom. The number of carbonyl (C=O) groups excluding carboxylic acids is 1. The smallest absolute Gasteiger partial charge is 0.316 e. The summed E-state index contributed by atoms with van der Waals surface area (Å²) >= 11 is 0. The standard InChI is InChI=1S/C15H20O2/c1-11(2)13(12-9-7-6-8-10-12)17-14(16)15(3,4)5/h6-10H,1-5H3. The SMILES string of the molecule is CC(C)=C(OC(=O)C(C)(C)C)c1ccccc1. The molecule has 0 unspecified atom stereocenters. The van der Waals surface area contributed by atoms with Gasteiger partial charge in [-0.3, -0.25) is 4.79 Å². The second-order valence-electron chi connectivity index (χ2n) is 5.33. The molecule has 0 N–H and O–H groups in total. The Morgan fingerprint density at radius 3 is 2.00 bits per heavy atom. The van der Waals surface area contributed by atoms with Crippen molar-refractivity contribution in [1.82, 2.24) is 0 Å². The molecule has 0 saturated carbocycles. The highest BCUT2D eigenvalue weighted by Crippen LogP contribution is 2.24. The van der Waals surface area contributed by atoms with Gasteiger partial charge in [0, 0.05) is 5.56 Å². The third-order valence-electron chi connectivity index (χ3n) is 2.30. The summed E-state index contributed by atoms with van der Waals surface area (Å²) in [6.45, 7) is 9.44. The second kappa shape index (κ2) is 5.17. The maximum atomic E-state index is 11.9. The zero-order valence-electron chi connectivity index (χ0n) is 11.2. The quantitative estimate of drug-likeness (QED) is 0.568. The first-order chi connectivity index (χ1) is 7.82. The molecule has 0 saturated heterocycles. The molecule has 1 rings (SSSR count). The largest absolute Gasteiger partial charge is 0.426 e. The van der Waals surface area contributed by atoms with Crippen LogP contribution in [0.4, 0.5) is 0 Å². The lowest BCUT2D eigenvalue weighted by Gasteiger charge is -2.19. The van der Waals surface area contributed by atoms with Crippen molar-refractivity contribution < 1.29 is 9.53 Å². The lowest BCUT2D eigenvalue weighted by atomic mass is 9.97. The van der Waals surface area contributed by atoms with Gasteiger partial charge >= 0.3 is 5.97 Å². The van der Waals surface area contributed by atoms with Crippen molar-refractivity contribution in [2.45, 2.75) is 34.6 Å². The van der Waals surface area contributed by atoms with Crippen LogP contribution in [0.15, 0.2) is 35.9 Å². The van der Waals surface area contributed by atoms with Crippen LogP contribution < -0.4 is 0 Å². The number of ether oxygens (including phenoxy) is 1. The van der Waals surface area contributed by atoms with Gasteiger partial charge in [0.2, 0.25) is 0 Å². The molecule has 0 aliphatic rings. The van der Waals surface area contributed by atoms with Crippen molar-refractivity contribution in [2.75, 3.05) is 0 Å². The maximum Gasteiger partial charge on any atom is 0.316 e. The fourth-order valence-electron chi connectivity index (χ4n) is 1.28. The van der Waals surface area contributed by atoms with E-state index in [0.717, 1.165) is 11.1 Å². The number of hydrogen-bond donors (Lipinski definition) is 0. The molecule has 1 aromatic rings. The topological polar surface area (TPSA) is 26.3 Å². The third-order valence-corrected chi connectivity index (χ3v) is 2.30. The van der Waals surface area contributed by atoms with Crippen molar-refractivity contribution in [3.8, 4) is 0 Å². The normalized spacial score (nSPS) is 10.9. The molecule has 0 aliphatic carbocycles. The lowest BCUT2D eigenvalue weighted by Crippen LogP contribution is -2.22. The zero-order valence-corrected chi connectivity index (χ0v) is 11.2. The molecule has 0 spiro atoms. The fourth-order valence-corrected chi connectivity index (χ4v) is 1.28. The molecule has 0 aliphatic heterocycles. The van der Waals surface area contributed by atoms with Crippen LogP contribution in [0.3, 0.4) is 0 Å². The van der Waals surface area contributed by atoms with Crippen molar-refractivity contribution in [3.63, 3.8) is 0 Å². The molecule has 0 atom stereocenters. The molecule has 92 valence electrons. The molecular weight excluding hydrogens is 212 g/mol. The summed E-state index contributed by atoms with van der Waals surface area (Å²) in [6, 6.07) is 9.70. The highest BCUT2D eigenvalue weighted by atomic mass is 16.5. The van der Waals surface area contributed by atoms with Crippen LogP contribution in [0.25, 0.3) is 5.76 Å². The minimum Gasteiger partial charge on any atom is -0.426 e. The van der Waals surface area contributed by atoms with Crippen LogP contribution in [0, 0.1) is 5.41 Å². The lowest BCUT2D eigenvalue weighted by molar-refractivity contribution is -0.145. The molecule has 2 heteroatoms. The summed E-state index contributed by atoms with van der Waals surface area (Å²) in [5.41, 5.74) is 1.44. The van der Waals surface area contributed by atoms with E-state index in [-0.39, 0.29) is 5.97 Å². The zero-order chi connectivity index (χ0) is 13.1. The number of esters is 1. The maximum absolute atomic E-state index is 11.9. The van der Waals surface area contributed by atoms with E-state index in [1.165, 1.54) is 0 Å². The molecule has 17 heavy (non-hydrogen) atoms. The Hall–Kier alpha value is -1.57. The minimum atomic E-state index is -0.491.